The van der Waals surface area contributed by atoms with Gasteiger partial charge in [0.15, 0.2) is 0 Å². The van der Waals surface area contributed by atoms with Crippen LogP contribution in [0.15, 0.2) is 28.9 Å². The van der Waals surface area contributed by atoms with Crippen LogP contribution in [0.3, 0.4) is 0 Å². The summed E-state index contributed by atoms with van der Waals surface area (Å²) >= 11 is 0. The Kier molecular flexibility index (Phi) is 3.98. The maximum Gasteiger partial charge on any atom is 0.125 e. The molecule has 0 aromatic carbocycles. The average molecular weight is 233 g/mol. The van der Waals surface area contributed by atoms with Crippen molar-refractivity contribution in [2.75, 3.05) is 6.54 Å². The normalized spacial score (nSPS) is 12.8. The van der Waals surface area contributed by atoms with Crippen LogP contribution in [0.2, 0.25) is 0 Å². The Morgan fingerprint density at radius 1 is 1.41 bits per heavy atom. The monoisotopic (exact) mass is 233 g/mol. The molecule has 92 valence electrons. The Balaban J connectivity index is 2.20. The Bertz CT molecular complexity index is 433. The summed E-state index contributed by atoms with van der Waals surface area (Å²) in [6, 6.07) is 4.17. The topological polar surface area (TPSA) is 53.9 Å². The summed E-state index contributed by atoms with van der Waals surface area (Å²) < 4.78 is 5.81. The Hall–Kier alpha value is -1.55. The van der Waals surface area contributed by atoms with E-state index < -0.39 is 0 Å². The molecule has 0 saturated carbocycles. The van der Waals surface area contributed by atoms with Gasteiger partial charge < -0.3 is 9.73 Å². The summed E-state index contributed by atoms with van der Waals surface area (Å²) in [4.78, 5) is 0. The minimum atomic E-state index is 0.0917. The first-order valence-corrected chi connectivity index (χ1v) is 6.15. The van der Waals surface area contributed by atoms with Crippen molar-refractivity contribution in [2.24, 2.45) is 0 Å². The highest BCUT2D eigenvalue weighted by molar-refractivity contribution is 5.23. The second-order valence-electron chi connectivity index (χ2n) is 4.08. The molecule has 2 rings (SSSR count). The van der Waals surface area contributed by atoms with Gasteiger partial charge in [0.1, 0.15) is 11.5 Å². The van der Waals surface area contributed by atoms with E-state index in [-0.39, 0.29) is 6.04 Å². The van der Waals surface area contributed by atoms with Crippen molar-refractivity contribution < 1.29 is 4.42 Å². The first-order chi connectivity index (χ1) is 8.35. The van der Waals surface area contributed by atoms with Crippen LogP contribution in [-0.2, 0) is 6.42 Å². The second-order valence-corrected chi connectivity index (χ2v) is 4.08. The van der Waals surface area contributed by atoms with Gasteiger partial charge in [-0.25, -0.2) is 0 Å². The number of nitrogens with one attached hydrogen (secondary N) is 2. The third-order valence-corrected chi connectivity index (χ3v) is 2.77. The fourth-order valence-electron chi connectivity index (χ4n) is 1.83. The SMILES string of the molecule is CCCNC(c1cn[nH]c1)c1ccc(CC)o1. The highest BCUT2D eigenvalue weighted by atomic mass is 16.3. The lowest BCUT2D eigenvalue weighted by molar-refractivity contribution is 0.422. The number of rotatable bonds is 6. The average Bonchev–Trinajstić information content (AvgIpc) is 3.00. The minimum absolute atomic E-state index is 0.0917. The van der Waals surface area contributed by atoms with Gasteiger partial charge in [-0.3, -0.25) is 5.10 Å². The lowest BCUT2D eigenvalue weighted by atomic mass is 10.1. The summed E-state index contributed by atoms with van der Waals surface area (Å²) in [5, 5.41) is 10.3. The van der Waals surface area contributed by atoms with Crippen LogP contribution in [0.4, 0.5) is 0 Å². The summed E-state index contributed by atoms with van der Waals surface area (Å²) in [6.07, 6.45) is 5.75. The largest absolute Gasteiger partial charge is 0.464 e. The summed E-state index contributed by atoms with van der Waals surface area (Å²) in [5.41, 5.74) is 1.11. The summed E-state index contributed by atoms with van der Waals surface area (Å²) in [5.74, 6) is 1.98. The van der Waals surface area contributed by atoms with Gasteiger partial charge in [0.05, 0.1) is 12.2 Å². The highest BCUT2D eigenvalue weighted by Gasteiger charge is 2.17. The van der Waals surface area contributed by atoms with Crippen molar-refractivity contribution in [3.05, 3.63) is 41.6 Å². The number of aromatic amines is 1. The molecule has 4 heteroatoms. The van der Waals surface area contributed by atoms with Crippen LogP contribution in [0.25, 0.3) is 0 Å². The minimum Gasteiger partial charge on any atom is -0.464 e. The maximum atomic E-state index is 5.81. The molecule has 0 aliphatic rings. The fourth-order valence-corrected chi connectivity index (χ4v) is 1.83. The molecule has 1 unspecified atom stereocenters. The molecular formula is C13H19N3O. The molecule has 0 spiro atoms. The highest BCUT2D eigenvalue weighted by Crippen LogP contribution is 2.23. The van der Waals surface area contributed by atoms with Crippen LogP contribution in [-0.4, -0.2) is 16.7 Å². The summed E-state index contributed by atoms with van der Waals surface area (Å²) in [7, 11) is 0. The molecule has 2 N–H and O–H groups in total. The van der Waals surface area contributed by atoms with Gasteiger partial charge in [-0.05, 0) is 25.1 Å². The zero-order chi connectivity index (χ0) is 12.1. The number of hydrogen-bond donors (Lipinski definition) is 2. The predicted molar refractivity (Wildman–Crippen MR) is 66.8 cm³/mol. The maximum absolute atomic E-state index is 5.81. The molecule has 2 aromatic heterocycles. The van der Waals surface area contributed by atoms with Crippen molar-refractivity contribution >= 4 is 0 Å². The van der Waals surface area contributed by atoms with Gasteiger partial charge in [0.25, 0.3) is 0 Å². The van der Waals surface area contributed by atoms with Gasteiger partial charge in [-0.15, -0.1) is 0 Å². The molecule has 1 atom stereocenters. The molecule has 0 aliphatic carbocycles. The van der Waals surface area contributed by atoms with Gasteiger partial charge in [-0.1, -0.05) is 13.8 Å². The third kappa shape index (κ3) is 2.77. The van der Waals surface area contributed by atoms with Gasteiger partial charge in [0.2, 0.25) is 0 Å². The van der Waals surface area contributed by atoms with E-state index in [1.54, 1.807) is 0 Å². The van der Waals surface area contributed by atoms with Crippen LogP contribution < -0.4 is 5.32 Å². The van der Waals surface area contributed by atoms with E-state index in [9.17, 15) is 0 Å². The van der Waals surface area contributed by atoms with Gasteiger partial charge in [0, 0.05) is 18.2 Å². The van der Waals surface area contributed by atoms with Crippen LogP contribution in [0, 0.1) is 0 Å². The lowest BCUT2D eigenvalue weighted by Crippen LogP contribution is -2.22. The van der Waals surface area contributed by atoms with Crippen LogP contribution >= 0.6 is 0 Å². The van der Waals surface area contributed by atoms with E-state index in [0.29, 0.717) is 0 Å². The zero-order valence-corrected chi connectivity index (χ0v) is 10.4. The molecule has 0 aliphatic heterocycles. The van der Waals surface area contributed by atoms with Crippen molar-refractivity contribution in [2.45, 2.75) is 32.7 Å². The number of aromatic nitrogens is 2. The lowest BCUT2D eigenvalue weighted by Gasteiger charge is -2.14. The van der Waals surface area contributed by atoms with E-state index in [4.69, 9.17) is 4.42 Å². The number of furan rings is 1. The van der Waals surface area contributed by atoms with Gasteiger partial charge in [-0.2, -0.15) is 5.10 Å². The molecule has 0 amide bonds. The fraction of sp³-hybridized carbons (Fsp3) is 0.462. The van der Waals surface area contributed by atoms with Crippen molar-refractivity contribution in [1.82, 2.24) is 15.5 Å². The van der Waals surface area contributed by atoms with E-state index >= 15 is 0 Å². The number of aryl methyl sites for hydroxylation is 1. The van der Waals surface area contributed by atoms with Crippen LogP contribution in [0.5, 0.6) is 0 Å². The van der Waals surface area contributed by atoms with Gasteiger partial charge >= 0.3 is 0 Å². The van der Waals surface area contributed by atoms with Crippen molar-refractivity contribution in [3.8, 4) is 0 Å². The Morgan fingerprint density at radius 2 is 2.29 bits per heavy atom. The molecule has 2 aromatic rings. The molecule has 2 heterocycles. The number of hydrogen-bond acceptors (Lipinski definition) is 3. The van der Waals surface area contributed by atoms with Crippen molar-refractivity contribution in [1.29, 1.82) is 0 Å². The molecule has 0 radical (unpaired) electrons. The van der Waals surface area contributed by atoms with Crippen LogP contribution in [0.1, 0.15) is 43.4 Å². The first kappa shape index (κ1) is 11.9. The predicted octanol–water partition coefficient (Wildman–Crippen LogP) is 2.65. The number of nitrogens with zero attached hydrogens (tertiary/aromatic N) is 1. The van der Waals surface area contributed by atoms with Crippen molar-refractivity contribution in [3.63, 3.8) is 0 Å². The van der Waals surface area contributed by atoms with E-state index in [1.165, 1.54) is 0 Å². The first-order valence-electron chi connectivity index (χ1n) is 6.15. The molecule has 0 saturated heterocycles. The van der Waals surface area contributed by atoms with E-state index in [2.05, 4.69) is 29.4 Å². The number of H-pyrrole nitrogens is 1. The molecule has 0 bridgehead atoms. The standard InChI is InChI=1S/C13H19N3O/c1-3-7-14-13(10-8-15-16-9-10)12-6-5-11(4-2)17-12/h5-6,8-9,13-14H,3-4,7H2,1-2H3,(H,15,16). The Labute approximate surface area is 101 Å². The second kappa shape index (κ2) is 5.68. The van der Waals surface area contributed by atoms with E-state index in [1.807, 2.05) is 24.5 Å². The smallest absolute Gasteiger partial charge is 0.125 e. The molecule has 4 nitrogen and oxygen atoms in total. The molecular weight excluding hydrogens is 214 g/mol. The molecule has 0 fully saturated rings. The summed E-state index contributed by atoms with van der Waals surface area (Å²) in [6.45, 7) is 5.20. The quantitative estimate of drug-likeness (QED) is 0.806. The molecule has 17 heavy (non-hydrogen) atoms. The zero-order valence-electron chi connectivity index (χ0n) is 10.4. The van der Waals surface area contributed by atoms with E-state index in [0.717, 1.165) is 36.5 Å². The third-order valence-electron chi connectivity index (χ3n) is 2.77. The Morgan fingerprint density at radius 3 is 2.88 bits per heavy atom.